The summed E-state index contributed by atoms with van der Waals surface area (Å²) in [5.41, 5.74) is 1.56. The molecule has 2 aromatic heterocycles. The minimum Gasteiger partial charge on any atom is -0.508 e. The zero-order valence-electron chi connectivity index (χ0n) is 13.5. The number of aromatic hydroxyl groups is 1. The number of hydrogen-bond acceptors (Lipinski definition) is 6. The summed E-state index contributed by atoms with van der Waals surface area (Å²) in [6, 6.07) is 6.95. The van der Waals surface area contributed by atoms with Gasteiger partial charge in [-0.3, -0.25) is 4.57 Å². The number of anilines is 1. The van der Waals surface area contributed by atoms with E-state index >= 15 is 0 Å². The summed E-state index contributed by atoms with van der Waals surface area (Å²) in [7, 11) is 0. The zero-order chi connectivity index (χ0) is 17.2. The molecule has 4 rings (SSSR count). The molecular formula is C17H18FN5O2. The fourth-order valence-corrected chi connectivity index (χ4v) is 3.01. The first-order valence-corrected chi connectivity index (χ1v) is 8.25. The molecule has 1 fully saturated rings. The predicted octanol–water partition coefficient (Wildman–Crippen LogP) is 2.98. The Labute approximate surface area is 143 Å². The van der Waals surface area contributed by atoms with Crippen molar-refractivity contribution in [3.63, 3.8) is 0 Å². The smallest absolute Gasteiger partial charge is 0.312 e. The monoisotopic (exact) mass is 343 g/mol. The summed E-state index contributed by atoms with van der Waals surface area (Å²) >= 11 is 0. The highest BCUT2D eigenvalue weighted by molar-refractivity contribution is 5.82. The summed E-state index contributed by atoms with van der Waals surface area (Å²) < 4.78 is 21.4. The van der Waals surface area contributed by atoms with E-state index in [1.807, 2.05) is 6.07 Å². The van der Waals surface area contributed by atoms with Gasteiger partial charge >= 0.3 is 6.08 Å². The van der Waals surface area contributed by atoms with Crippen LogP contribution in [0.25, 0.3) is 11.2 Å². The van der Waals surface area contributed by atoms with Crippen molar-refractivity contribution in [3.8, 4) is 5.75 Å². The van der Waals surface area contributed by atoms with Gasteiger partial charge in [0.2, 0.25) is 0 Å². The number of nitrogens with one attached hydrogen (secondary N) is 1. The van der Waals surface area contributed by atoms with E-state index in [9.17, 15) is 9.50 Å². The van der Waals surface area contributed by atoms with Gasteiger partial charge < -0.3 is 15.2 Å². The summed E-state index contributed by atoms with van der Waals surface area (Å²) in [4.78, 5) is 12.1. The number of phenols is 1. The Morgan fingerprint density at radius 3 is 2.96 bits per heavy atom. The van der Waals surface area contributed by atoms with Gasteiger partial charge in [0.25, 0.3) is 0 Å². The molecule has 3 aromatic rings. The van der Waals surface area contributed by atoms with Gasteiger partial charge in [0.1, 0.15) is 12.0 Å². The Hall–Kier alpha value is -2.74. The largest absolute Gasteiger partial charge is 0.508 e. The van der Waals surface area contributed by atoms with Crippen LogP contribution in [0.1, 0.15) is 31.1 Å². The van der Waals surface area contributed by atoms with Gasteiger partial charge in [-0.2, -0.15) is 14.4 Å². The van der Waals surface area contributed by atoms with Crippen molar-refractivity contribution in [2.45, 2.75) is 32.0 Å². The average Bonchev–Trinajstić information content (AvgIpc) is 3.05. The Balaban J connectivity index is 1.65. The van der Waals surface area contributed by atoms with Gasteiger partial charge in [-0.1, -0.05) is 18.2 Å². The lowest BCUT2D eigenvalue weighted by Crippen LogP contribution is -2.18. The van der Waals surface area contributed by atoms with Crippen LogP contribution in [0.3, 0.4) is 0 Å². The number of para-hydroxylation sites is 1. The molecule has 8 heteroatoms. The second-order valence-corrected chi connectivity index (χ2v) is 5.97. The van der Waals surface area contributed by atoms with Crippen LogP contribution in [0.5, 0.6) is 5.75 Å². The summed E-state index contributed by atoms with van der Waals surface area (Å²) in [5.74, 6) is 0.460. The molecule has 0 radical (unpaired) electrons. The number of hydrogen-bond donors (Lipinski definition) is 2. The molecule has 0 spiro atoms. The molecule has 1 atom stereocenters. The lowest BCUT2D eigenvalue weighted by molar-refractivity contribution is -0.0298. The fourth-order valence-electron chi connectivity index (χ4n) is 3.01. The number of benzene rings is 1. The van der Waals surface area contributed by atoms with Crippen molar-refractivity contribution in [2.75, 3.05) is 11.9 Å². The number of aromatic nitrogens is 4. The van der Waals surface area contributed by atoms with Crippen LogP contribution in [0.4, 0.5) is 10.2 Å². The number of halogens is 1. The highest BCUT2D eigenvalue weighted by Crippen LogP contribution is 2.28. The number of rotatable bonds is 4. The molecule has 7 nitrogen and oxygen atoms in total. The first-order valence-electron chi connectivity index (χ1n) is 8.25. The van der Waals surface area contributed by atoms with E-state index in [-0.39, 0.29) is 12.0 Å². The van der Waals surface area contributed by atoms with E-state index in [0.717, 1.165) is 19.3 Å². The molecule has 25 heavy (non-hydrogen) atoms. The molecule has 2 N–H and O–H groups in total. The third-order valence-corrected chi connectivity index (χ3v) is 4.30. The van der Waals surface area contributed by atoms with Gasteiger partial charge in [0.15, 0.2) is 17.0 Å². The molecule has 1 unspecified atom stereocenters. The predicted molar refractivity (Wildman–Crippen MR) is 89.6 cm³/mol. The maximum atomic E-state index is 13.9. The minimum absolute atomic E-state index is 0.168. The van der Waals surface area contributed by atoms with Crippen molar-refractivity contribution < 1.29 is 14.2 Å². The van der Waals surface area contributed by atoms with Crippen molar-refractivity contribution in [3.05, 3.63) is 42.2 Å². The van der Waals surface area contributed by atoms with Crippen LogP contribution < -0.4 is 5.32 Å². The highest BCUT2D eigenvalue weighted by Gasteiger charge is 2.21. The molecular weight excluding hydrogens is 325 g/mol. The Morgan fingerprint density at radius 2 is 2.16 bits per heavy atom. The number of fused-ring (bicyclic) bond motifs is 1. The lowest BCUT2D eigenvalue weighted by Gasteiger charge is -2.23. The first-order chi connectivity index (χ1) is 12.2. The third kappa shape index (κ3) is 3.12. The molecule has 0 saturated carbocycles. The number of phenolic OH excluding ortho intramolecular Hbond substituents is 1. The molecule has 1 aromatic carbocycles. The van der Waals surface area contributed by atoms with E-state index < -0.39 is 6.08 Å². The molecule has 3 heterocycles. The standard InChI is InChI=1S/C17H18FN5O2/c18-17-21-15(19-9-11-5-1-2-6-12(11)24)14-16(22-17)23(10-20-14)13-7-3-4-8-25-13/h1-2,5-6,10,13,24H,3-4,7-9H2,(H,19,21,22). The van der Waals surface area contributed by atoms with Crippen molar-refractivity contribution in [1.82, 2.24) is 19.5 Å². The van der Waals surface area contributed by atoms with Gasteiger partial charge in [-0.15, -0.1) is 0 Å². The molecule has 0 aliphatic carbocycles. The number of nitrogens with zero attached hydrogens (tertiary/aromatic N) is 4. The summed E-state index contributed by atoms with van der Waals surface area (Å²) in [6.45, 7) is 0.974. The van der Waals surface area contributed by atoms with E-state index in [0.29, 0.717) is 35.7 Å². The molecule has 0 amide bonds. The average molecular weight is 343 g/mol. The van der Waals surface area contributed by atoms with Crippen molar-refractivity contribution in [1.29, 1.82) is 0 Å². The van der Waals surface area contributed by atoms with Crippen molar-refractivity contribution >= 4 is 17.0 Å². The fraction of sp³-hybridized carbons (Fsp3) is 0.353. The molecule has 1 saturated heterocycles. The molecule has 0 bridgehead atoms. The van der Waals surface area contributed by atoms with E-state index in [1.54, 1.807) is 29.1 Å². The second kappa shape index (κ2) is 6.64. The Morgan fingerprint density at radius 1 is 1.28 bits per heavy atom. The van der Waals surface area contributed by atoms with Crippen LogP contribution in [-0.4, -0.2) is 31.2 Å². The SMILES string of the molecule is Oc1ccccc1CNc1nc(F)nc2c1ncn2C1CCCCO1. The maximum Gasteiger partial charge on any atom is 0.312 e. The topological polar surface area (TPSA) is 85.1 Å². The van der Waals surface area contributed by atoms with Crippen LogP contribution in [0.15, 0.2) is 30.6 Å². The normalized spacial score (nSPS) is 17.7. The van der Waals surface area contributed by atoms with Crippen molar-refractivity contribution in [2.24, 2.45) is 0 Å². The lowest BCUT2D eigenvalue weighted by atomic mass is 10.2. The van der Waals surface area contributed by atoms with E-state index in [1.165, 1.54) is 0 Å². The molecule has 1 aliphatic heterocycles. The van der Waals surface area contributed by atoms with Gasteiger partial charge in [0, 0.05) is 18.7 Å². The second-order valence-electron chi connectivity index (χ2n) is 5.97. The number of imidazole rings is 1. The highest BCUT2D eigenvalue weighted by atomic mass is 19.1. The Kier molecular flexibility index (Phi) is 4.19. The van der Waals surface area contributed by atoms with Crippen LogP contribution in [0.2, 0.25) is 0 Å². The van der Waals surface area contributed by atoms with Gasteiger partial charge in [0.05, 0.1) is 6.33 Å². The van der Waals surface area contributed by atoms with Crippen LogP contribution in [-0.2, 0) is 11.3 Å². The zero-order valence-corrected chi connectivity index (χ0v) is 13.5. The van der Waals surface area contributed by atoms with Crippen LogP contribution >= 0.6 is 0 Å². The summed E-state index contributed by atoms with van der Waals surface area (Å²) in [5, 5.41) is 12.9. The number of ether oxygens (including phenoxy) is 1. The van der Waals surface area contributed by atoms with Gasteiger partial charge in [-0.05, 0) is 25.3 Å². The minimum atomic E-state index is -0.829. The van der Waals surface area contributed by atoms with E-state index in [2.05, 4.69) is 20.3 Å². The Bertz CT molecular complexity index is 892. The summed E-state index contributed by atoms with van der Waals surface area (Å²) in [6.07, 6.45) is 3.53. The maximum absolute atomic E-state index is 13.9. The molecule has 130 valence electrons. The quantitative estimate of drug-likeness (QED) is 0.709. The first kappa shape index (κ1) is 15.8. The van der Waals surface area contributed by atoms with Gasteiger partial charge in [-0.25, -0.2) is 4.98 Å². The third-order valence-electron chi connectivity index (χ3n) is 4.30. The molecule has 1 aliphatic rings. The van der Waals surface area contributed by atoms with Crippen LogP contribution in [0, 0.1) is 6.08 Å². The van der Waals surface area contributed by atoms with E-state index in [4.69, 9.17) is 4.74 Å².